The smallest absolute Gasteiger partial charge is 0.274 e. The summed E-state index contributed by atoms with van der Waals surface area (Å²) in [5, 5.41) is 4.11. The second-order valence-electron chi connectivity index (χ2n) is 10.2. The summed E-state index contributed by atoms with van der Waals surface area (Å²) in [6, 6.07) is 8.05. The van der Waals surface area contributed by atoms with Crippen LogP contribution in [0.1, 0.15) is 36.2 Å². The van der Waals surface area contributed by atoms with Gasteiger partial charge in [-0.15, -0.1) is 0 Å². The number of aromatic nitrogens is 3. The Morgan fingerprint density at radius 2 is 1.89 bits per heavy atom. The first-order valence-electron chi connectivity index (χ1n) is 13.3. The fraction of sp³-hybridized carbons (Fsp3) is 0.538. The van der Waals surface area contributed by atoms with Crippen molar-refractivity contribution < 1.29 is 14.3 Å². The van der Waals surface area contributed by atoms with Crippen LogP contribution in [0.15, 0.2) is 24.3 Å². The average Bonchev–Trinajstić information content (AvgIpc) is 3.70. The van der Waals surface area contributed by atoms with Gasteiger partial charge in [0, 0.05) is 32.7 Å². The van der Waals surface area contributed by atoms with Crippen molar-refractivity contribution in [2.45, 2.75) is 37.8 Å². The largest absolute Gasteiger partial charge is 0.378 e. The number of amides is 1. The van der Waals surface area contributed by atoms with E-state index in [-0.39, 0.29) is 12.0 Å². The van der Waals surface area contributed by atoms with E-state index in [0.717, 1.165) is 91.4 Å². The fourth-order valence-corrected chi connectivity index (χ4v) is 6.75. The molecule has 4 fully saturated rings. The molecule has 3 aromatic heterocycles. The second-order valence-corrected chi connectivity index (χ2v) is 11.2. The van der Waals surface area contributed by atoms with Crippen LogP contribution in [-0.2, 0) is 9.47 Å². The van der Waals surface area contributed by atoms with Crippen molar-refractivity contribution >= 4 is 50.0 Å². The zero-order chi connectivity index (χ0) is 24.8. The van der Waals surface area contributed by atoms with Crippen LogP contribution in [0.5, 0.6) is 0 Å². The molecule has 7 heterocycles. The predicted molar refractivity (Wildman–Crippen MR) is 144 cm³/mol. The summed E-state index contributed by atoms with van der Waals surface area (Å²) in [5.41, 5.74) is 1.86. The molecule has 0 aliphatic carbocycles. The Labute approximate surface area is 219 Å². The van der Waals surface area contributed by atoms with Crippen LogP contribution in [-0.4, -0.2) is 85.5 Å². The fourth-order valence-electron chi connectivity index (χ4n) is 5.75. The summed E-state index contributed by atoms with van der Waals surface area (Å²) in [6.07, 6.45) is 4.77. The van der Waals surface area contributed by atoms with E-state index in [9.17, 15) is 4.79 Å². The number of fused-ring (bicyclic) bond motifs is 3. The van der Waals surface area contributed by atoms with E-state index in [1.165, 1.54) is 6.42 Å². The van der Waals surface area contributed by atoms with Crippen LogP contribution in [0.2, 0.25) is 0 Å². The third kappa shape index (κ3) is 4.49. The normalized spacial score (nSPS) is 23.7. The van der Waals surface area contributed by atoms with Gasteiger partial charge in [0.15, 0.2) is 16.6 Å². The SMILES string of the molecule is O=C(Nc1cc2sc(N3CCOCC3)nc2nc1N1CCCCC1)c1cccc(N2CC3CC2CO3)n1. The first-order chi connectivity index (χ1) is 18.2. The highest BCUT2D eigenvalue weighted by molar-refractivity contribution is 7.22. The van der Waals surface area contributed by atoms with Crippen LogP contribution < -0.4 is 20.0 Å². The van der Waals surface area contributed by atoms with E-state index in [4.69, 9.17) is 24.4 Å². The Kier molecular flexibility index (Phi) is 6.06. The number of anilines is 4. The van der Waals surface area contributed by atoms with Crippen LogP contribution in [0.4, 0.5) is 22.5 Å². The van der Waals surface area contributed by atoms with Gasteiger partial charge in [0.2, 0.25) is 0 Å². The summed E-state index contributed by atoms with van der Waals surface area (Å²) < 4.78 is 12.2. The van der Waals surface area contributed by atoms with Gasteiger partial charge in [-0.25, -0.2) is 9.97 Å². The van der Waals surface area contributed by atoms with Crippen molar-refractivity contribution in [1.82, 2.24) is 15.0 Å². The van der Waals surface area contributed by atoms with E-state index in [1.54, 1.807) is 17.4 Å². The first kappa shape index (κ1) is 23.1. The molecule has 194 valence electrons. The summed E-state index contributed by atoms with van der Waals surface area (Å²) >= 11 is 1.62. The van der Waals surface area contributed by atoms with Crippen LogP contribution in [0, 0.1) is 0 Å². The van der Waals surface area contributed by atoms with Crippen molar-refractivity contribution in [3.8, 4) is 0 Å². The Hall–Kier alpha value is -3.02. The van der Waals surface area contributed by atoms with E-state index < -0.39 is 0 Å². The van der Waals surface area contributed by atoms with Crippen LogP contribution in [0.3, 0.4) is 0 Å². The first-order valence-corrected chi connectivity index (χ1v) is 14.1. The second kappa shape index (κ2) is 9.70. The number of pyridine rings is 2. The standard InChI is InChI=1S/C26H31N7O3S/c34-25(19-5-4-6-22(27-19)33-15-18-13-17(33)16-36-18)28-20-14-21-23(29-24(20)31-7-2-1-3-8-31)30-26(37-21)32-9-11-35-12-10-32/h4-6,14,17-18H,1-3,7-13,15-16H2,(H,28,34). The van der Waals surface area contributed by atoms with Crippen LogP contribution in [0.25, 0.3) is 10.3 Å². The van der Waals surface area contributed by atoms with Crippen molar-refractivity contribution in [2.24, 2.45) is 0 Å². The number of piperidine rings is 1. The molecule has 0 radical (unpaired) electrons. The lowest BCUT2D eigenvalue weighted by Gasteiger charge is -2.29. The molecule has 11 heteroatoms. The van der Waals surface area contributed by atoms with Crippen molar-refractivity contribution in [3.63, 3.8) is 0 Å². The zero-order valence-corrected chi connectivity index (χ0v) is 21.6. The summed E-state index contributed by atoms with van der Waals surface area (Å²) in [4.78, 5) is 34.8. The van der Waals surface area contributed by atoms with Gasteiger partial charge in [-0.1, -0.05) is 17.4 Å². The summed E-state index contributed by atoms with van der Waals surface area (Å²) in [7, 11) is 0. The maximum Gasteiger partial charge on any atom is 0.274 e. The molecule has 1 amide bonds. The molecule has 0 aromatic carbocycles. The van der Waals surface area contributed by atoms with E-state index in [1.807, 2.05) is 18.2 Å². The summed E-state index contributed by atoms with van der Waals surface area (Å²) in [5.74, 6) is 1.41. The molecular weight excluding hydrogens is 490 g/mol. The Balaban J connectivity index is 1.19. The topological polar surface area (TPSA) is 96.0 Å². The molecule has 1 N–H and O–H groups in total. The third-order valence-electron chi connectivity index (χ3n) is 7.70. The highest BCUT2D eigenvalue weighted by Crippen LogP contribution is 2.36. The monoisotopic (exact) mass is 521 g/mol. The number of morpholine rings is 2. The number of carbonyl (C=O) groups is 1. The number of nitrogens with one attached hydrogen (secondary N) is 1. The molecule has 2 bridgehead atoms. The zero-order valence-electron chi connectivity index (χ0n) is 20.8. The van der Waals surface area contributed by atoms with Gasteiger partial charge in [-0.05, 0) is 43.9 Å². The Morgan fingerprint density at radius 1 is 1.03 bits per heavy atom. The minimum absolute atomic E-state index is 0.222. The molecule has 10 nitrogen and oxygen atoms in total. The number of carbonyl (C=O) groups excluding carboxylic acids is 1. The number of hydrogen-bond acceptors (Lipinski definition) is 10. The third-order valence-corrected chi connectivity index (χ3v) is 8.75. The van der Waals surface area contributed by atoms with E-state index >= 15 is 0 Å². The van der Waals surface area contributed by atoms with Crippen molar-refractivity contribution in [1.29, 1.82) is 0 Å². The van der Waals surface area contributed by atoms with Gasteiger partial charge in [0.25, 0.3) is 5.91 Å². The highest BCUT2D eigenvalue weighted by atomic mass is 32.1. The minimum atomic E-state index is -0.222. The molecule has 3 aromatic rings. The van der Waals surface area contributed by atoms with Crippen molar-refractivity contribution in [2.75, 3.05) is 72.6 Å². The summed E-state index contributed by atoms with van der Waals surface area (Å²) in [6.45, 7) is 6.49. The molecule has 2 atom stereocenters. The molecule has 2 unspecified atom stereocenters. The van der Waals surface area contributed by atoms with Crippen LogP contribution >= 0.6 is 11.3 Å². The lowest BCUT2D eigenvalue weighted by Crippen LogP contribution is -2.37. The lowest BCUT2D eigenvalue weighted by atomic mass is 10.1. The van der Waals surface area contributed by atoms with Gasteiger partial charge in [0.05, 0.1) is 42.4 Å². The van der Waals surface area contributed by atoms with Gasteiger partial charge in [-0.2, -0.15) is 4.98 Å². The van der Waals surface area contributed by atoms with Gasteiger partial charge >= 0.3 is 0 Å². The van der Waals surface area contributed by atoms with E-state index in [2.05, 4.69) is 20.0 Å². The molecule has 4 aliphatic heterocycles. The maximum atomic E-state index is 13.5. The molecule has 4 saturated heterocycles. The Morgan fingerprint density at radius 3 is 2.68 bits per heavy atom. The number of rotatable bonds is 5. The number of ether oxygens (including phenoxy) is 2. The predicted octanol–water partition coefficient (Wildman–Crippen LogP) is 3.14. The van der Waals surface area contributed by atoms with Gasteiger partial charge in [-0.3, -0.25) is 4.79 Å². The Bertz CT molecular complexity index is 1300. The number of hydrogen-bond donors (Lipinski definition) is 1. The number of thiazole rings is 1. The molecule has 37 heavy (non-hydrogen) atoms. The number of nitrogens with zero attached hydrogens (tertiary/aromatic N) is 6. The van der Waals surface area contributed by atoms with E-state index in [0.29, 0.717) is 24.9 Å². The van der Waals surface area contributed by atoms with Gasteiger partial charge < -0.3 is 29.5 Å². The average molecular weight is 522 g/mol. The lowest BCUT2D eigenvalue weighted by molar-refractivity contribution is 0.0988. The molecular formula is C26H31N7O3S. The molecule has 0 spiro atoms. The molecule has 4 aliphatic rings. The van der Waals surface area contributed by atoms with Crippen molar-refractivity contribution in [3.05, 3.63) is 30.0 Å². The maximum absolute atomic E-state index is 13.5. The minimum Gasteiger partial charge on any atom is -0.378 e. The van der Waals surface area contributed by atoms with Gasteiger partial charge in [0.1, 0.15) is 11.5 Å². The molecule has 0 saturated carbocycles. The molecule has 7 rings (SSSR count). The quantitative estimate of drug-likeness (QED) is 0.543. The highest BCUT2D eigenvalue weighted by Gasteiger charge is 2.39.